The Morgan fingerprint density at radius 1 is 1.00 bits per heavy atom. The Bertz CT molecular complexity index is 1110. The number of rotatable bonds is 6. The molecule has 0 aliphatic rings. The van der Waals surface area contributed by atoms with Gasteiger partial charge in [0.1, 0.15) is 5.69 Å². The third kappa shape index (κ3) is 3.78. The highest BCUT2D eigenvalue weighted by Crippen LogP contribution is 2.19. The molecule has 4 aromatic rings. The molecule has 7 nitrogen and oxygen atoms in total. The number of H-pyrrole nitrogens is 2. The molecule has 7 heteroatoms. The lowest BCUT2D eigenvalue weighted by Gasteiger charge is -2.07. The lowest BCUT2D eigenvalue weighted by molar-refractivity contribution is -0.115. The molecule has 0 unspecified atom stereocenters. The number of nitrogens with one attached hydrogen (secondary N) is 4. The van der Waals surface area contributed by atoms with Crippen molar-refractivity contribution in [3.63, 3.8) is 0 Å². The summed E-state index contributed by atoms with van der Waals surface area (Å²) in [5, 5.41) is 13.1. The maximum absolute atomic E-state index is 12.5. The van der Waals surface area contributed by atoms with Crippen LogP contribution in [0.2, 0.25) is 0 Å². The van der Waals surface area contributed by atoms with E-state index in [0.29, 0.717) is 12.2 Å². The van der Waals surface area contributed by atoms with Gasteiger partial charge in [-0.05, 0) is 17.2 Å². The number of aromatic amines is 2. The molecular formula is C21H19N5O2. The molecule has 4 N–H and O–H groups in total. The monoisotopic (exact) mass is 373 g/mol. The Labute approximate surface area is 161 Å². The summed E-state index contributed by atoms with van der Waals surface area (Å²) in [6, 6.07) is 17.4. The Balaban J connectivity index is 1.41. The molecule has 0 spiro atoms. The lowest BCUT2D eigenvalue weighted by atomic mass is 10.1. The van der Waals surface area contributed by atoms with E-state index >= 15 is 0 Å². The third-order valence-electron chi connectivity index (χ3n) is 4.46. The summed E-state index contributed by atoms with van der Waals surface area (Å²) in [5.41, 5.74) is 3.44. The van der Waals surface area contributed by atoms with Crippen LogP contribution in [0, 0.1) is 0 Å². The van der Waals surface area contributed by atoms with Crippen molar-refractivity contribution in [3.05, 3.63) is 83.8 Å². The molecule has 0 bridgehead atoms. The number of benzene rings is 2. The maximum atomic E-state index is 12.5. The molecular weight excluding hydrogens is 354 g/mol. The summed E-state index contributed by atoms with van der Waals surface area (Å²) in [6.07, 6.45) is 3.46. The van der Waals surface area contributed by atoms with Crippen LogP contribution in [-0.2, 0) is 17.8 Å². The van der Waals surface area contributed by atoms with Crippen LogP contribution in [0.3, 0.4) is 0 Å². The Hall–Kier alpha value is -3.87. The standard InChI is InChI=1S/C21H19N5O2/c27-19(10-15-12-22-17-9-5-4-8-16(15)17)25-18-13-24-26-20(18)21(28)23-11-14-6-2-1-3-7-14/h1-9,12-13,22H,10-11H2,(H,23,28)(H,24,26)(H,25,27). The molecule has 2 aromatic heterocycles. The quantitative estimate of drug-likeness (QED) is 0.418. The zero-order chi connectivity index (χ0) is 19.3. The van der Waals surface area contributed by atoms with Crippen LogP contribution in [-0.4, -0.2) is 27.0 Å². The first kappa shape index (κ1) is 17.5. The van der Waals surface area contributed by atoms with Crippen molar-refractivity contribution in [2.75, 3.05) is 5.32 Å². The van der Waals surface area contributed by atoms with Gasteiger partial charge in [-0.3, -0.25) is 14.7 Å². The SMILES string of the molecule is O=C(Cc1c[nH]c2ccccc12)Nc1cn[nH]c1C(=O)NCc1ccccc1. The molecule has 4 rings (SSSR count). The molecule has 0 radical (unpaired) electrons. The number of fused-ring (bicyclic) bond motifs is 1. The number of hydrogen-bond donors (Lipinski definition) is 4. The fraction of sp³-hybridized carbons (Fsp3) is 0.0952. The van der Waals surface area contributed by atoms with E-state index in [4.69, 9.17) is 0 Å². The number of carbonyl (C=O) groups is 2. The Morgan fingerprint density at radius 2 is 1.79 bits per heavy atom. The maximum Gasteiger partial charge on any atom is 0.271 e. The summed E-state index contributed by atoms with van der Waals surface area (Å²) in [6.45, 7) is 0.390. The summed E-state index contributed by atoms with van der Waals surface area (Å²) in [7, 11) is 0. The van der Waals surface area contributed by atoms with Crippen LogP contribution < -0.4 is 10.6 Å². The van der Waals surface area contributed by atoms with Crippen LogP contribution in [0.1, 0.15) is 21.6 Å². The first-order valence-corrected chi connectivity index (χ1v) is 8.91. The van der Waals surface area contributed by atoms with E-state index in [9.17, 15) is 9.59 Å². The van der Waals surface area contributed by atoms with Gasteiger partial charge >= 0.3 is 0 Å². The van der Waals surface area contributed by atoms with Crippen molar-refractivity contribution in [2.45, 2.75) is 13.0 Å². The van der Waals surface area contributed by atoms with Gasteiger partial charge in [0.2, 0.25) is 5.91 Å². The van der Waals surface area contributed by atoms with Gasteiger partial charge in [0, 0.05) is 23.6 Å². The molecule has 28 heavy (non-hydrogen) atoms. The minimum absolute atomic E-state index is 0.195. The molecule has 2 amide bonds. The minimum Gasteiger partial charge on any atom is -0.361 e. The number of amides is 2. The van der Waals surface area contributed by atoms with E-state index in [-0.39, 0.29) is 23.9 Å². The zero-order valence-corrected chi connectivity index (χ0v) is 15.0. The van der Waals surface area contributed by atoms with Crippen LogP contribution >= 0.6 is 0 Å². The van der Waals surface area contributed by atoms with E-state index in [1.165, 1.54) is 6.20 Å². The van der Waals surface area contributed by atoms with Crippen LogP contribution in [0.25, 0.3) is 10.9 Å². The number of carbonyl (C=O) groups excluding carboxylic acids is 2. The van der Waals surface area contributed by atoms with Gasteiger partial charge in [-0.1, -0.05) is 48.5 Å². The van der Waals surface area contributed by atoms with Gasteiger partial charge < -0.3 is 15.6 Å². The number of nitrogens with zero attached hydrogens (tertiary/aromatic N) is 1. The highest BCUT2D eigenvalue weighted by Gasteiger charge is 2.16. The van der Waals surface area contributed by atoms with E-state index in [2.05, 4.69) is 25.8 Å². The van der Waals surface area contributed by atoms with Crippen molar-refractivity contribution in [3.8, 4) is 0 Å². The van der Waals surface area contributed by atoms with Crippen molar-refractivity contribution in [1.29, 1.82) is 0 Å². The molecule has 0 saturated carbocycles. The number of aromatic nitrogens is 3. The summed E-state index contributed by atoms with van der Waals surface area (Å²) in [4.78, 5) is 28.1. The Kier molecular flexibility index (Phi) is 4.88. The molecule has 2 heterocycles. The molecule has 0 atom stereocenters. The van der Waals surface area contributed by atoms with Gasteiger partial charge in [-0.2, -0.15) is 5.10 Å². The lowest BCUT2D eigenvalue weighted by Crippen LogP contribution is -2.25. The minimum atomic E-state index is -0.330. The normalized spacial score (nSPS) is 10.7. The third-order valence-corrected chi connectivity index (χ3v) is 4.46. The Morgan fingerprint density at radius 3 is 2.64 bits per heavy atom. The molecule has 0 fully saturated rings. The zero-order valence-electron chi connectivity index (χ0n) is 15.0. The molecule has 140 valence electrons. The second-order valence-corrected chi connectivity index (χ2v) is 6.41. The fourth-order valence-electron chi connectivity index (χ4n) is 3.07. The molecule has 0 aliphatic heterocycles. The predicted molar refractivity (Wildman–Crippen MR) is 107 cm³/mol. The molecule has 2 aromatic carbocycles. The van der Waals surface area contributed by atoms with E-state index < -0.39 is 0 Å². The second kappa shape index (κ2) is 7.79. The first-order valence-electron chi connectivity index (χ1n) is 8.91. The van der Waals surface area contributed by atoms with Crippen molar-refractivity contribution < 1.29 is 9.59 Å². The van der Waals surface area contributed by atoms with E-state index in [1.807, 2.05) is 60.8 Å². The molecule has 0 aliphatic carbocycles. The second-order valence-electron chi connectivity index (χ2n) is 6.41. The van der Waals surface area contributed by atoms with Gasteiger partial charge in [0.05, 0.1) is 18.3 Å². The van der Waals surface area contributed by atoms with Crippen molar-refractivity contribution in [1.82, 2.24) is 20.5 Å². The predicted octanol–water partition coefficient (Wildman–Crippen LogP) is 3.00. The topological polar surface area (TPSA) is 103 Å². The first-order chi connectivity index (χ1) is 13.7. The van der Waals surface area contributed by atoms with Crippen molar-refractivity contribution in [2.24, 2.45) is 0 Å². The average molecular weight is 373 g/mol. The summed E-state index contributed by atoms with van der Waals surface area (Å²) < 4.78 is 0. The van der Waals surface area contributed by atoms with Gasteiger partial charge in [0.25, 0.3) is 5.91 Å². The highest BCUT2D eigenvalue weighted by atomic mass is 16.2. The summed E-state index contributed by atoms with van der Waals surface area (Å²) >= 11 is 0. The number of anilines is 1. The largest absolute Gasteiger partial charge is 0.361 e. The van der Waals surface area contributed by atoms with E-state index in [0.717, 1.165) is 22.0 Å². The van der Waals surface area contributed by atoms with E-state index in [1.54, 1.807) is 0 Å². The average Bonchev–Trinajstić information content (AvgIpc) is 3.34. The van der Waals surface area contributed by atoms with Crippen LogP contribution in [0.4, 0.5) is 5.69 Å². The number of para-hydroxylation sites is 1. The van der Waals surface area contributed by atoms with Gasteiger partial charge in [0.15, 0.2) is 0 Å². The number of hydrogen-bond acceptors (Lipinski definition) is 3. The van der Waals surface area contributed by atoms with Gasteiger partial charge in [-0.25, -0.2) is 0 Å². The van der Waals surface area contributed by atoms with Crippen molar-refractivity contribution >= 4 is 28.4 Å². The fourth-order valence-corrected chi connectivity index (χ4v) is 3.07. The highest BCUT2D eigenvalue weighted by molar-refractivity contribution is 6.03. The van der Waals surface area contributed by atoms with Crippen LogP contribution in [0.15, 0.2) is 67.0 Å². The molecule has 0 saturated heterocycles. The van der Waals surface area contributed by atoms with Gasteiger partial charge in [-0.15, -0.1) is 0 Å². The van der Waals surface area contributed by atoms with Crippen LogP contribution in [0.5, 0.6) is 0 Å². The smallest absolute Gasteiger partial charge is 0.271 e. The summed E-state index contributed by atoms with van der Waals surface area (Å²) in [5.74, 6) is -0.549.